The van der Waals surface area contributed by atoms with Gasteiger partial charge in [-0.15, -0.1) is 24.8 Å². The fraction of sp³-hybridized carbons (Fsp3) is 0.250. The van der Waals surface area contributed by atoms with Gasteiger partial charge in [-0.25, -0.2) is 4.98 Å². The van der Waals surface area contributed by atoms with Crippen molar-refractivity contribution in [2.75, 3.05) is 13.1 Å². The first kappa shape index (κ1) is 26.3. The number of benzene rings is 3. The molecule has 6 heteroatoms. The minimum Gasteiger partial charge on any atom is -0.345 e. The van der Waals surface area contributed by atoms with E-state index in [0.29, 0.717) is 0 Å². The van der Waals surface area contributed by atoms with E-state index in [0.717, 1.165) is 49.7 Å². The van der Waals surface area contributed by atoms with E-state index in [1.807, 2.05) is 18.3 Å². The number of piperidine rings is 1. The Labute approximate surface area is 219 Å². The smallest absolute Gasteiger partial charge is 0.110 e. The van der Waals surface area contributed by atoms with Gasteiger partial charge in [0, 0.05) is 35.3 Å². The van der Waals surface area contributed by atoms with E-state index in [1.54, 1.807) is 0 Å². The number of nitrogens with one attached hydrogen (secondary N) is 1. The topological polar surface area (TPSA) is 31.9 Å². The van der Waals surface area contributed by atoms with Gasteiger partial charge in [0.05, 0.1) is 0 Å². The molecule has 3 aromatic carbocycles. The van der Waals surface area contributed by atoms with Crippen molar-refractivity contribution in [3.05, 3.63) is 124 Å². The SMILES string of the molecule is Cl.Cl.Clc1ccc(Cc2ncc(CN3CCC(c4ccccc4)(c4ccccc4)CC3)[nH]2)cc1. The van der Waals surface area contributed by atoms with Gasteiger partial charge in [0.25, 0.3) is 0 Å². The average molecular weight is 515 g/mol. The van der Waals surface area contributed by atoms with Crippen molar-refractivity contribution < 1.29 is 0 Å². The molecule has 0 aliphatic carbocycles. The van der Waals surface area contributed by atoms with Crippen LogP contribution >= 0.6 is 36.4 Å². The van der Waals surface area contributed by atoms with Crippen LogP contribution in [0.3, 0.4) is 0 Å². The highest BCUT2D eigenvalue weighted by Crippen LogP contribution is 2.41. The van der Waals surface area contributed by atoms with Crippen LogP contribution in [0.5, 0.6) is 0 Å². The molecule has 4 aromatic rings. The summed E-state index contributed by atoms with van der Waals surface area (Å²) in [4.78, 5) is 10.7. The quantitative estimate of drug-likeness (QED) is 0.298. The number of imidazole rings is 1. The zero-order chi connectivity index (χ0) is 21.8. The normalized spacial score (nSPS) is 15.2. The fourth-order valence-corrected chi connectivity index (χ4v) is 5.09. The molecule has 1 fully saturated rings. The molecule has 1 saturated heterocycles. The number of hydrogen-bond donors (Lipinski definition) is 1. The molecular weight excluding hydrogens is 485 g/mol. The van der Waals surface area contributed by atoms with Gasteiger partial charge in [0.15, 0.2) is 0 Å². The second kappa shape index (κ2) is 11.9. The third-order valence-corrected chi connectivity index (χ3v) is 6.97. The maximum Gasteiger partial charge on any atom is 0.110 e. The Bertz CT molecular complexity index is 1100. The lowest BCUT2D eigenvalue weighted by Gasteiger charge is -2.42. The molecule has 34 heavy (non-hydrogen) atoms. The molecule has 178 valence electrons. The lowest BCUT2D eigenvalue weighted by molar-refractivity contribution is 0.170. The number of aromatic nitrogens is 2. The summed E-state index contributed by atoms with van der Waals surface area (Å²) in [6.07, 6.45) is 5.02. The van der Waals surface area contributed by atoms with Crippen LogP contribution in [0.15, 0.2) is 91.1 Å². The largest absolute Gasteiger partial charge is 0.345 e. The zero-order valence-electron chi connectivity index (χ0n) is 19.0. The van der Waals surface area contributed by atoms with E-state index < -0.39 is 0 Å². The van der Waals surface area contributed by atoms with Gasteiger partial charge in [-0.05, 0) is 54.8 Å². The number of nitrogens with zero attached hydrogens (tertiary/aromatic N) is 2. The Morgan fingerprint density at radius 3 is 1.91 bits per heavy atom. The lowest BCUT2D eigenvalue weighted by Crippen LogP contribution is -2.43. The van der Waals surface area contributed by atoms with Crippen LogP contribution in [-0.4, -0.2) is 28.0 Å². The van der Waals surface area contributed by atoms with Crippen LogP contribution in [0.4, 0.5) is 0 Å². The van der Waals surface area contributed by atoms with Crippen LogP contribution in [0, 0.1) is 0 Å². The van der Waals surface area contributed by atoms with Crippen molar-refractivity contribution in [2.24, 2.45) is 0 Å². The molecule has 0 atom stereocenters. The van der Waals surface area contributed by atoms with Crippen molar-refractivity contribution >= 4 is 36.4 Å². The summed E-state index contributed by atoms with van der Waals surface area (Å²) in [6.45, 7) is 3.04. The number of hydrogen-bond acceptors (Lipinski definition) is 2. The first-order valence-corrected chi connectivity index (χ1v) is 11.7. The number of H-pyrrole nitrogens is 1. The predicted octanol–water partition coefficient (Wildman–Crippen LogP) is 7.08. The Morgan fingerprint density at radius 1 is 0.794 bits per heavy atom. The first-order chi connectivity index (χ1) is 15.7. The molecule has 0 spiro atoms. The first-order valence-electron chi connectivity index (χ1n) is 11.3. The second-order valence-corrected chi connectivity index (χ2v) is 9.19. The van der Waals surface area contributed by atoms with E-state index in [2.05, 4.69) is 87.7 Å². The van der Waals surface area contributed by atoms with Crippen LogP contribution in [0.1, 0.15) is 41.1 Å². The maximum atomic E-state index is 6.00. The summed E-state index contributed by atoms with van der Waals surface area (Å²) < 4.78 is 0. The number of aromatic amines is 1. The summed E-state index contributed by atoms with van der Waals surface area (Å²) in [7, 11) is 0. The molecule has 1 aliphatic heterocycles. The van der Waals surface area contributed by atoms with Gasteiger partial charge in [0.2, 0.25) is 0 Å². The van der Waals surface area contributed by atoms with Gasteiger partial charge in [-0.2, -0.15) is 0 Å². The molecule has 3 nitrogen and oxygen atoms in total. The molecule has 1 aromatic heterocycles. The second-order valence-electron chi connectivity index (χ2n) is 8.75. The van der Waals surface area contributed by atoms with E-state index in [4.69, 9.17) is 11.6 Å². The third-order valence-electron chi connectivity index (χ3n) is 6.72. The zero-order valence-corrected chi connectivity index (χ0v) is 21.4. The van der Waals surface area contributed by atoms with E-state index >= 15 is 0 Å². The highest BCUT2D eigenvalue weighted by atomic mass is 35.5. The third kappa shape index (κ3) is 5.84. The molecule has 0 amide bonds. The van der Waals surface area contributed by atoms with E-state index in [9.17, 15) is 0 Å². The summed E-state index contributed by atoms with van der Waals surface area (Å²) in [5, 5.41) is 0.765. The van der Waals surface area contributed by atoms with Gasteiger partial charge in [0.1, 0.15) is 5.82 Å². The monoisotopic (exact) mass is 513 g/mol. The van der Waals surface area contributed by atoms with Crippen molar-refractivity contribution in [3.63, 3.8) is 0 Å². The molecule has 5 rings (SSSR count). The van der Waals surface area contributed by atoms with Crippen LogP contribution in [-0.2, 0) is 18.4 Å². The van der Waals surface area contributed by atoms with Gasteiger partial charge >= 0.3 is 0 Å². The highest BCUT2D eigenvalue weighted by Gasteiger charge is 2.37. The molecule has 2 heterocycles. The number of rotatable bonds is 6. The van der Waals surface area contributed by atoms with Crippen molar-refractivity contribution in [1.29, 1.82) is 0 Å². The molecule has 0 bridgehead atoms. The maximum absolute atomic E-state index is 6.00. The summed E-state index contributed by atoms with van der Waals surface area (Å²) in [6, 6.07) is 30.0. The minimum absolute atomic E-state index is 0. The Balaban J connectivity index is 0.00000162. The van der Waals surface area contributed by atoms with Crippen LogP contribution < -0.4 is 0 Å². The van der Waals surface area contributed by atoms with Crippen LogP contribution in [0.25, 0.3) is 0 Å². The standard InChI is InChI=1S/C28H28ClN3.2ClH/c29-25-13-11-22(12-14-25)19-27-30-20-26(31-27)21-32-17-15-28(16-18-32,23-7-3-1-4-8-23)24-9-5-2-6-10-24;;/h1-14,20H,15-19,21H2,(H,30,31);2*1H. The van der Waals surface area contributed by atoms with Gasteiger partial charge in [-0.1, -0.05) is 84.4 Å². The van der Waals surface area contributed by atoms with Crippen LogP contribution in [0.2, 0.25) is 5.02 Å². The molecule has 1 aliphatic rings. The highest BCUT2D eigenvalue weighted by molar-refractivity contribution is 6.30. The predicted molar refractivity (Wildman–Crippen MR) is 146 cm³/mol. The van der Waals surface area contributed by atoms with Gasteiger partial charge in [-0.3, -0.25) is 4.90 Å². The lowest BCUT2D eigenvalue weighted by atomic mass is 9.68. The minimum atomic E-state index is 0. The van der Waals surface area contributed by atoms with Gasteiger partial charge < -0.3 is 4.98 Å². The van der Waals surface area contributed by atoms with Crippen molar-refractivity contribution in [3.8, 4) is 0 Å². The van der Waals surface area contributed by atoms with E-state index in [1.165, 1.54) is 22.4 Å². The molecular formula is C28H30Cl3N3. The Morgan fingerprint density at radius 2 is 1.35 bits per heavy atom. The average Bonchev–Trinajstić information content (AvgIpc) is 3.29. The molecule has 1 N–H and O–H groups in total. The van der Waals surface area contributed by atoms with E-state index in [-0.39, 0.29) is 30.2 Å². The summed E-state index contributed by atoms with van der Waals surface area (Å²) in [5.41, 5.74) is 5.34. The molecule has 0 radical (unpaired) electrons. The van der Waals surface area contributed by atoms with Crippen molar-refractivity contribution in [2.45, 2.75) is 31.2 Å². The molecule has 0 unspecified atom stereocenters. The number of likely N-dealkylation sites (tertiary alicyclic amines) is 1. The number of halogens is 3. The molecule has 0 saturated carbocycles. The van der Waals surface area contributed by atoms with Crippen molar-refractivity contribution in [1.82, 2.24) is 14.9 Å². The Kier molecular flexibility index (Phi) is 9.21. The summed E-state index contributed by atoms with van der Waals surface area (Å²) >= 11 is 6.00. The Hall–Kier alpha value is -2.30. The summed E-state index contributed by atoms with van der Waals surface area (Å²) in [5.74, 6) is 1.00. The fourth-order valence-electron chi connectivity index (χ4n) is 4.96.